The van der Waals surface area contributed by atoms with Crippen LogP contribution in [0.2, 0.25) is 0 Å². The molecule has 0 bridgehead atoms. The molecule has 0 spiro atoms. The largest absolute Gasteiger partial charge is 0.381 e. The van der Waals surface area contributed by atoms with Gasteiger partial charge in [0.25, 0.3) is 0 Å². The Kier molecular flexibility index (Phi) is 3.16. The van der Waals surface area contributed by atoms with Gasteiger partial charge < -0.3 is 10.5 Å². The molecule has 1 aromatic rings. The second kappa shape index (κ2) is 4.57. The fourth-order valence-electron chi connectivity index (χ4n) is 1.52. The van der Waals surface area contributed by atoms with Gasteiger partial charge in [0.2, 0.25) is 0 Å². The molecule has 3 nitrogen and oxygen atoms in total. The van der Waals surface area contributed by atoms with Crippen LogP contribution in [0, 0.1) is 5.92 Å². The molecule has 4 heteroatoms. The van der Waals surface area contributed by atoms with Gasteiger partial charge in [0, 0.05) is 18.6 Å². The van der Waals surface area contributed by atoms with Gasteiger partial charge in [-0.3, -0.25) is 0 Å². The standard InChI is InChI=1S/C10H14N2OS/c11-10-12-9(7-14-10)2-1-8-3-5-13-6-4-8/h1-2,7-8H,3-6H2,(H2,11,12). The van der Waals surface area contributed by atoms with Crippen LogP contribution in [-0.4, -0.2) is 18.2 Å². The fraction of sp³-hybridized carbons (Fsp3) is 0.500. The minimum absolute atomic E-state index is 0.636. The number of anilines is 1. The van der Waals surface area contributed by atoms with Crippen LogP contribution in [0.3, 0.4) is 0 Å². The van der Waals surface area contributed by atoms with Gasteiger partial charge in [0.05, 0.1) is 5.69 Å². The first-order valence-electron chi connectivity index (χ1n) is 4.81. The maximum atomic E-state index is 5.54. The summed E-state index contributed by atoms with van der Waals surface area (Å²) in [6, 6.07) is 0. The van der Waals surface area contributed by atoms with Crippen LogP contribution in [-0.2, 0) is 4.74 Å². The van der Waals surface area contributed by atoms with Gasteiger partial charge in [-0.2, -0.15) is 0 Å². The number of ether oxygens (including phenoxy) is 1. The zero-order valence-corrected chi connectivity index (χ0v) is 8.80. The lowest BCUT2D eigenvalue weighted by atomic mass is 10.00. The van der Waals surface area contributed by atoms with Gasteiger partial charge in [-0.25, -0.2) is 4.98 Å². The summed E-state index contributed by atoms with van der Waals surface area (Å²) in [5, 5.41) is 2.61. The minimum atomic E-state index is 0.636. The molecular weight excluding hydrogens is 196 g/mol. The summed E-state index contributed by atoms with van der Waals surface area (Å²) >= 11 is 1.48. The van der Waals surface area contributed by atoms with Crippen LogP contribution in [0.1, 0.15) is 18.5 Å². The molecule has 76 valence electrons. The Morgan fingerprint density at radius 2 is 2.29 bits per heavy atom. The quantitative estimate of drug-likeness (QED) is 0.813. The highest BCUT2D eigenvalue weighted by molar-refractivity contribution is 7.13. The number of aromatic nitrogens is 1. The van der Waals surface area contributed by atoms with E-state index in [2.05, 4.69) is 17.1 Å². The molecule has 1 aromatic heterocycles. The molecule has 1 saturated heterocycles. The van der Waals surface area contributed by atoms with E-state index in [-0.39, 0.29) is 0 Å². The van der Waals surface area contributed by atoms with Crippen LogP contribution in [0.5, 0.6) is 0 Å². The first kappa shape index (κ1) is 9.68. The summed E-state index contributed by atoms with van der Waals surface area (Å²) in [6.07, 6.45) is 6.52. The first-order chi connectivity index (χ1) is 6.84. The molecule has 0 aromatic carbocycles. The summed E-state index contributed by atoms with van der Waals surface area (Å²) in [5.41, 5.74) is 6.51. The van der Waals surface area contributed by atoms with E-state index in [0.29, 0.717) is 11.0 Å². The number of hydrogen-bond acceptors (Lipinski definition) is 4. The number of nitrogens with two attached hydrogens (primary N) is 1. The second-order valence-electron chi connectivity index (χ2n) is 3.42. The SMILES string of the molecule is Nc1nc(C=CC2CCOCC2)cs1. The van der Waals surface area contributed by atoms with Crippen molar-refractivity contribution in [2.45, 2.75) is 12.8 Å². The lowest BCUT2D eigenvalue weighted by molar-refractivity contribution is 0.0787. The van der Waals surface area contributed by atoms with Crippen molar-refractivity contribution in [2.75, 3.05) is 18.9 Å². The fourth-order valence-corrected chi connectivity index (χ4v) is 2.05. The molecular formula is C10H14N2OS. The molecule has 2 rings (SSSR count). The van der Waals surface area contributed by atoms with E-state index in [1.54, 1.807) is 0 Å². The molecule has 0 saturated carbocycles. The van der Waals surface area contributed by atoms with Gasteiger partial charge in [-0.15, -0.1) is 11.3 Å². The Morgan fingerprint density at radius 1 is 1.50 bits per heavy atom. The minimum Gasteiger partial charge on any atom is -0.381 e. The van der Waals surface area contributed by atoms with Crippen LogP contribution < -0.4 is 5.73 Å². The van der Waals surface area contributed by atoms with Crippen molar-refractivity contribution in [1.29, 1.82) is 0 Å². The third-order valence-electron chi connectivity index (χ3n) is 2.34. The summed E-state index contributed by atoms with van der Waals surface area (Å²) in [6.45, 7) is 1.77. The van der Waals surface area contributed by atoms with Gasteiger partial charge in [0.1, 0.15) is 0 Å². The molecule has 1 aliphatic heterocycles. The number of allylic oxidation sites excluding steroid dienone is 1. The Balaban J connectivity index is 1.92. The third-order valence-corrected chi connectivity index (χ3v) is 3.04. The smallest absolute Gasteiger partial charge is 0.180 e. The average Bonchev–Trinajstić information content (AvgIpc) is 2.63. The maximum Gasteiger partial charge on any atom is 0.180 e. The molecule has 0 unspecified atom stereocenters. The molecule has 0 radical (unpaired) electrons. The summed E-state index contributed by atoms with van der Waals surface area (Å²) in [5.74, 6) is 0.645. The number of hydrogen-bond donors (Lipinski definition) is 1. The Morgan fingerprint density at radius 3 is 2.93 bits per heavy atom. The van der Waals surface area contributed by atoms with E-state index in [1.807, 2.05) is 5.38 Å². The lowest BCUT2D eigenvalue weighted by Crippen LogP contribution is -2.13. The van der Waals surface area contributed by atoms with Crippen molar-refractivity contribution in [3.8, 4) is 0 Å². The molecule has 0 amide bonds. The number of nitrogens with zero attached hydrogens (tertiary/aromatic N) is 1. The van der Waals surface area contributed by atoms with Gasteiger partial charge in [-0.05, 0) is 24.8 Å². The normalized spacial score (nSPS) is 19.1. The third kappa shape index (κ3) is 2.56. The molecule has 0 atom stereocenters. The van der Waals surface area contributed by atoms with Crippen molar-refractivity contribution in [3.05, 3.63) is 17.2 Å². The molecule has 14 heavy (non-hydrogen) atoms. The zero-order chi connectivity index (χ0) is 9.80. The molecule has 0 aliphatic carbocycles. The van der Waals surface area contributed by atoms with Crippen LogP contribution in [0.25, 0.3) is 6.08 Å². The number of rotatable bonds is 2. The Bertz CT molecular complexity index is 316. The molecule has 2 N–H and O–H groups in total. The van der Waals surface area contributed by atoms with Crippen molar-refractivity contribution in [1.82, 2.24) is 4.98 Å². The van der Waals surface area contributed by atoms with Crippen molar-refractivity contribution in [2.24, 2.45) is 5.92 Å². The monoisotopic (exact) mass is 210 g/mol. The summed E-state index contributed by atoms with van der Waals surface area (Å²) in [4.78, 5) is 4.17. The van der Waals surface area contributed by atoms with Crippen LogP contribution in [0.4, 0.5) is 5.13 Å². The highest BCUT2D eigenvalue weighted by atomic mass is 32.1. The van der Waals surface area contributed by atoms with E-state index in [9.17, 15) is 0 Å². The Labute approximate surface area is 87.6 Å². The predicted octanol–water partition coefficient (Wildman–Crippen LogP) is 2.17. The highest BCUT2D eigenvalue weighted by Crippen LogP contribution is 2.18. The van der Waals surface area contributed by atoms with Gasteiger partial charge in [-0.1, -0.05) is 6.08 Å². The van der Waals surface area contributed by atoms with E-state index >= 15 is 0 Å². The van der Waals surface area contributed by atoms with Crippen molar-refractivity contribution >= 4 is 22.5 Å². The van der Waals surface area contributed by atoms with E-state index < -0.39 is 0 Å². The number of thiazole rings is 1. The predicted molar refractivity (Wildman–Crippen MR) is 59.1 cm³/mol. The van der Waals surface area contributed by atoms with E-state index in [1.165, 1.54) is 11.3 Å². The highest BCUT2D eigenvalue weighted by Gasteiger charge is 2.09. The van der Waals surface area contributed by atoms with Gasteiger partial charge >= 0.3 is 0 Å². The topological polar surface area (TPSA) is 48.1 Å². The molecule has 1 aliphatic rings. The summed E-state index contributed by atoms with van der Waals surface area (Å²) < 4.78 is 5.29. The molecule has 2 heterocycles. The van der Waals surface area contributed by atoms with Crippen molar-refractivity contribution in [3.63, 3.8) is 0 Å². The van der Waals surface area contributed by atoms with Crippen molar-refractivity contribution < 1.29 is 4.74 Å². The first-order valence-corrected chi connectivity index (χ1v) is 5.69. The van der Waals surface area contributed by atoms with Crippen LogP contribution >= 0.6 is 11.3 Å². The van der Waals surface area contributed by atoms with E-state index in [0.717, 1.165) is 31.7 Å². The van der Waals surface area contributed by atoms with Crippen LogP contribution in [0.15, 0.2) is 11.5 Å². The number of nitrogen functional groups attached to an aromatic ring is 1. The maximum absolute atomic E-state index is 5.54. The zero-order valence-electron chi connectivity index (χ0n) is 7.98. The average molecular weight is 210 g/mol. The van der Waals surface area contributed by atoms with E-state index in [4.69, 9.17) is 10.5 Å². The lowest BCUT2D eigenvalue weighted by Gasteiger charge is -2.18. The second-order valence-corrected chi connectivity index (χ2v) is 4.31. The van der Waals surface area contributed by atoms with Gasteiger partial charge in [0.15, 0.2) is 5.13 Å². The molecule has 1 fully saturated rings. The summed E-state index contributed by atoms with van der Waals surface area (Å²) in [7, 11) is 0. The Hall–Kier alpha value is -0.870.